The van der Waals surface area contributed by atoms with Crippen LogP contribution in [0.5, 0.6) is 0 Å². The lowest BCUT2D eigenvalue weighted by Gasteiger charge is -2.37. The summed E-state index contributed by atoms with van der Waals surface area (Å²) in [5, 5.41) is 0. The van der Waals surface area contributed by atoms with E-state index in [4.69, 9.17) is 16.3 Å². The second-order valence-corrected chi connectivity index (χ2v) is 6.04. The average Bonchev–Trinajstić information content (AvgIpc) is 2.51. The third-order valence-electron chi connectivity index (χ3n) is 4.09. The van der Waals surface area contributed by atoms with Gasteiger partial charge in [-0.1, -0.05) is 6.92 Å². The van der Waals surface area contributed by atoms with E-state index < -0.39 is 0 Å². The molecule has 1 rings (SSSR count). The zero-order valence-corrected chi connectivity index (χ0v) is 12.4. The Labute approximate surface area is 109 Å². The Bertz CT molecular complexity index is 293. The maximum Gasteiger partial charge on any atom is 0.228 e. The molecule has 0 bridgehead atoms. The van der Waals surface area contributed by atoms with Gasteiger partial charge < -0.3 is 9.64 Å². The fraction of sp³-hybridized carbons (Fsp3) is 0.923. The molecule has 3 nitrogen and oxygen atoms in total. The minimum atomic E-state index is -0.316. The van der Waals surface area contributed by atoms with Gasteiger partial charge in [-0.15, -0.1) is 11.6 Å². The van der Waals surface area contributed by atoms with Gasteiger partial charge >= 0.3 is 0 Å². The highest BCUT2D eigenvalue weighted by Crippen LogP contribution is 2.34. The molecule has 1 heterocycles. The third kappa shape index (κ3) is 2.76. The molecule has 0 radical (unpaired) electrons. The summed E-state index contributed by atoms with van der Waals surface area (Å²) >= 11 is 5.92. The molecule has 0 N–H and O–H groups in total. The predicted molar refractivity (Wildman–Crippen MR) is 70.2 cm³/mol. The van der Waals surface area contributed by atoms with Gasteiger partial charge in [0.1, 0.15) is 0 Å². The van der Waals surface area contributed by atoms with Gasteiger partial charge in [0.15, 0.2) is 0 Å². The standard InChI is InChI=1S/C13H24ClNO2/c1-8-9(2)17-10(3)11(8)12(16)15(6)13(4,5)7-14/h8-11H,7H2,1-6H3. The molecule has 4 heteroatoms. The topological polar surface area (TPSA) is 29.5 Å². The van der Waals surface area contributed by atoms with Gasteiger partial charge in [0.05, 0.1) is 23.7 Å². The average molecular weight is 262 g/mol. The smallest absolute Gasteiger partial charge is 0.228 e. The van der Waals surface area contributed by atoms with Crippen LogP contribution in [-0.4, -0.2) is 41.5 Å². The van der Waals surface area contributed by atoms with E-state index in [9.17, 15) is 4.79 Å². The highest BCUT2D eigenvalue weighted by molar-refractivity contribution is 6.18. The molecule has 0 aromatic heterocycles. The van der Waals surface area contributed by atoms with Crippen molar-refractivity contribution < 1.29 is 9.53 Å². The second kappa shape index (κ2) is 5.15. The summed E-state index contributed by atoms with van der Waals surface area (Å²) in [5.41, 5.74) is -0.316. The number of alkyl halides is 1. The van der Waals surface area contributed by atoms with E-state index in [1.54, 1.807) is 4.90 Å². The summed E-state index contributed by atoms with van der Waals surface area (Å²) in [6.45, 7) is 10.0. The molecule has 4 unspecified atom stereocenters. The Morgan fingerprint density at radius 2 is 1.82 bits per heavy atom. The van der Waals surface area contributed by atoms with E-state index in [1.165, 1.54) is 0 Å². The highest BCUT2D eigenvalue weighted by Gasteiger charge is 2.44. The molecule has 0 aromatic carbocycles. The number of halogens is 1. The van der Waals surface area contributed by atoms with E-state index in [-0.39, 0.29) is 35.5 Å². The van der Waals surface area contributed by atoms with Crippen LogP contribution in [-0.2, 0) is 9.53 Å². The lowest BCUT2D eigenvalue weighted by Crippen LogP contribution is -2.50. The number of hydrogen-bond donors (Lipinski definition) is 0. The van der Waals surface area contributed by atoms with Gasteiger partial charge in [-0.3, -0.25) is 4.79 Å². The molecule has 100 valence electrons. The van der Waals surface area contributed by atoms with Crippen molar-refractivity contribution in [3.63, 3.8) is 0 Å². The molecular weight excluding hydrogens is 238 g/mol. The first-order valence-corrected chi connectivity index (χ1v) is 6.75. The van der Waals surface area contributed by atoms with E-state index in [0.29, 0.717) is 5.88 Å². The molecule has 0 aromatic rings. The van der Waals surface area contributed by atoms with Gasteiger partial charge in [-0.25, -0.2) is 0 Å². The monoisotopic (exact) mass is 261 g/mol. The lowest BCUT2D eigenvalue weighted by molar-refractivity contribution is -0.140. The first-order chi connectivity index (χ1) is 7.72. The normalized spacial score (nSPS) is 33.8. The number of nitrogens with zero attached hydrogens (tertiary/aromatic N) is 1. The van der Waals surface area contributed by atoms with Crippen LogP contribution in [0.1, 0.15) is 34.6 Å². The fourth-order valence-electron chi connectivity index (χ4n) is 2.30. The van der Waals surface area contributed by atoms with Gasteiger partial charge in [-0.05, 0) is 33.6 Å². The molecule has 1 aliphatic rings. The zero-order valence-electron chi connectivity index (χ0n) is 11.7. The fourth-order valence-corrected chi connectivity index (χ4v) is 2.48. The van der Waals surface area contributed by atoms with Crippen LogP contribution in [0.3, 0.4) is 0 Å². The van der Waals surface area contributed by atoms with E-state index in [2.05, 4.69) is 6.92 Å². The Hall–Kier alpha value is -0.280. The summed E-state index contributed by atoms with van der Waals surface area (Å²) < 4.78 is 5.72. The largest absolute Gasteiger partial charge is 0.374 e. The van der Waals surface area contributed by atoms with Crippen LogP contribution in [0.25, 0.3) is 0 Å². The van der Waals surface area contributed by atoms with Crippen molar-refractivity contribution in [2.45, 2.75) is 52.4 Å². The molecule has 0 spiro atoms. The maximum absolute atomic E-state index is 12.5. The van der Waals surface area contributed by atoms with Gasteiger partial charge in [0, 0.05) is 12.9 Å². The van der Waals surface area contributed by atoms with Gasteiger partial charge in [-0.2, -0.15) is 0 Å². The Morgan fingerprint density at radius 1 is 1.29 bits per heavy atom. The lowest BCUT2D eigenvalue weighted by atomic mass is 9.87. The summed E-state index contributed by atoms with van der Waals surface area (Å²) in [6.07, 6.45) is 0.132. The van der Waals surface area contributed by atoms with Crippen LogP contribution in [0, 0.1) is 11.8 Å². The molecule has 1 saturated heterocycles. The molecule has 4 atom stereocenters. The number of ether oxygens (including phenoxy) is 1. The van der Waals surface area contributed by atoms with Crippen molar-refractivity contribution in [1.29, 1.82) is 0 Å². The SMILES string of the molecule is CC1OC(C)C(C(=O)N(C)C(C)(C)CCl)C1C. The first-order valence-electron chi connectivity index (χ1n) is 6.21. The first kappa shape index (κ1) is 14.8. The van der Waals surface area contributed by atoms with Crippen molar-refractivity contribution in [1.82, 2.24) is 4.90 Å². The van der Waals surface area contributed by atoms with Crippen molar-refractivity contribution in [2.24, 2.45) is 11.8 Å². The number of carbonyl (C=O) groups is 1. The molecule has 0 saturated carbocycles. The van der Waals surface area contributed by atoms with E-state index in [0.717, 1.165) is 0 Å². The summed E-state index contributed by atoms with van der Waals surface area (Å²) in [4.78, 5) is 14.3. The number of carbonyl (C=O) groups excluding carboxylic acids is 1. The summed E-state index contributed by atoms with van der Waals surface area (Å²) in [7, 11) is 1.83. The maximum atomic E-state index is 12.5. The van der Waals surface area contributed by atoms with Crippen molar-refractivity contribution >= 4 is 17.5 Å². The second-order valence-electron chi connectivity index (χ2n) is 5.77. The quantitative estimate of drug-likeness (QED) is 0.731. The van der Waals surface area contributed by atoms with Crippen LogP contribution in [0.15, 0.2) is 0 Å². The van der Waals surface area contributed by atoms with Crippen LogP contribution >= 0.6 is 11.6 Å². The van der Waals surface area contributed by atoms with Crippen LogP contribution in [0.4, 0.5) is 0 Å². The highest BCUT2D eigenvalue weighted by atomic mass is 35.5. The molecule has 17 heavy (non-hydrogen) atoms. The molecular formula is C13H24ClNO2. The minimum Gasteiger partial charge on any atom is -0.374 e. The Balaban J connectivity index is 2.83. The molecule has 1 aliphatic heterocycles. The van der Waals surface area contributed by atoms with Crippen molar-refractivity contribution in [3.8, 4) is 0 Å². The van der Waals surface area contributed by atoms with E-state index >= 15 is 0 Å². The number of hydrogen-bond acceptors (Lipinski definition) is 2. The summed E-state index contributed by atoms with van der Waals surface area (Å²) in [5.74, 6) is 0.768. The van der Waals surface area contributed by atoms with Crippen molar-refractivity contribution in [3.05, 3.63) is 0 Å². The molecule has 1 fully saturated rings. The van der Waals surface area contributed by atoms with Crippen LogP contribution in [0.2, 0.25) is 0 Å². The van der Waals surface area contributed by atoms with E-state index in [1.807, 2.05) is 34.7 Å². The Kier molecular flexibility index (Phi) is 4.48. The Morgan fingerprint density at radius 3 is 2.18 bits per heavy atom. The third-order valence-corrected chi connectivity index (χ3v) is 4.75. The number of amides is 1. The zero-order chi connectivity index (χ0) is 13.4. The van der Waals surface area contributed by atoms with Gasteiger partial charge in [0.25, 0.3) is 0 Å². The van der Waals surface area contributed by atoms with Gasteiger partial charge in [0.2, 0.25) is 5.91 Å². The molecule has 0 aliphatic carbocycles. The molecule has 1 amide bonds. The van der Waals surface area contributed by atoms with Crippen molar-refractivity contribution in [2.75, 3.05) is 12.9 Å². The predicted octanol–water partition coefficient (Wildman–Crippen LogP) is 2.52. The summed E-state index contributed by atoms with van der Waals surface area (Å²) in [6, 6.07) is 0. The number of rotatable bonds is 3. The minimum absolute atomic E-state index is 0.0129. The van der Waals surface area contributed by atoms with Crippen LogP contribution < -0.4 is 0 Å².